The molecule has 1 aromatic rings. The lowest BCUT2D eigenvalue weighted by molar-refractivity contribution is -0.141. The zero-order valence-corrected chi connectivity index (χ0v) is 11.0. The predicted molar refractivity (Wildman–Crippen MR) is 71.8 cm³/mol. The van der Waals surface area contributed by atoms with E-state index in [2.05, 4.69) is 29.6 Å². The van der Waals surface area contributed by atoms with Crippen molar-refractivity contribution in [1.82, 2.24) is 5.32 Å². The molecule has 0 aromatic heterocycles. The molecule has 0 spiro atoms. The summed E-state index contributed by atoms with van der Waals surface area (Å²) in [5.41, 5.74) is 1.21. The Morgan fingerprint density at radius 1 is 1.28 bits per heavy atom. The van der Waals surface area contributed by atoms with Gasteiger partial charge in [0.15, 0.2) is 0 Å². The quantitative estimate of drug-likeness (QED) is 0.877. The van der Waals surface area contributed by atoms with Gasteiger partial charge in [-0.25, -0.2) is 0 Å². The molecule has 18 heavy (non-hydrogen) atoms. The molecule has 1 saturated heterocycles. The molecule has 3 rings (SSSR count). The molecule has 1 aliphatic carbocycles. The summed E-state index contributed by atoms with van der Waals surface area (Å²) in [6, 6.07) is 8.78. The Morgan fingerprint density at radius 3 is 2.56 bits per heavy atom. The molecule has 1 aliphatic heterocycles. The van der Waals surface area contributed by atoms with Crippen molar-refractivity contribution in [2.24, 2.45) is 5.92 Å². The lowest BCUT2D eigenvalue weighted by Gasteiger charge is -2.11. The summed E-state index contributed by atoms with van der Waals surface area (Å²) < 4.78 is 0. The first-order valence-electron chi connectivity index (χ1n) is 6.45. The van der Waals surface area contributed by atoms with E-state index in [0.29, 0.717) is 13.0 Å². The monoisotopic (exact) mass is 263 g/mol. The Hall–Kier alpha value is -1.00. The summed E-state index contributed by atoms with van der Waals surface area (Å²) >= 11 is 1.95. The first-order valence-corrected chi connectivity index (χ1v) is 7.33. The van der Waals surface area contributed by atoms with Crippen LogP contribution in [-0.4, -0.2) is 22.9 Å². The van der Waals surface area contributed by atoms with E-state index in [1.165, 1.54) is 23.3 Å². The van der Waals surface area contributed by atoms with Gasteiger partial charge in [-0.1, -0.05) is 12.1 Å². The minimum absolute atomic E-state index is 0.200. The van der Waals surface area contributed by atoms with Gasteiger partial charge in [-0.15, -0.1) is 11.8 Å². The van der Waals surface area contributed by atoms with Crippen LogP contribution in [0.1, 0.15) is 30.9 Å². The van der Waals surface area contributed by atoms with Gasteiger partial charge in [-0.05, 0) is 37.0 Å². The van der Waals surface area contributed by atoms with Crippen molar-refractivity contribution in [3.63, 3.8) is 0 Å². The number of rotatable bonds is 4. The van der Waals surface area contributed by atoms with Crippen LogP contribution in [0.15, 0.2) is 29.2 Å². The fraction of sp³-hybridized carbons (Fsp3) is 0.500. The average Bonchev–Trinajstić information content (AvgIpc) is 3.04. The highest BCUT2D eigenvalue weighted by Gasteiger charge is 2.30. The normalized spacial score (nSPS) is 27.3. The Bertz CT molecular complexity index is 442. The number of hydrogen-bond acceptors (Lipinski definition) is 3. The van der Waals surface area contributed by atoms with Gasteiger partial charge in [0.1, 0.15) is 0 Å². The highest BCUT2D eigenvalue weighted by molar-refractivity contribution is 8.00. The number of hydrogen-bond donors (Lipinski definition) is 2. The molecule has 1 aromatic carbocycles. The third kappa shape index (κ3) is 2.70. The molecule has 2 atom stereocenters. The van der Waals surface area contributed by atoms with Crippen molar-refractivity contribution in [1.29, 1.82) is 0 Å². The van der Waals surface area contributed by atoms with Gasteiger partial charge in [0.25, 0.3) is 0 Å². The van der Waals surface area contributed by atoms with Crippen LogP contribution in [0, 0.1) is 5.92 Å². The zero-order valence-electron chi connectivity index (χ0n) is 10.1. The number of benzene rings is 1. The summed E-state index contributed by atoms with van der Waals surface area (Å²) in [6.07, 6.45) is 3.39. The molecular formula is C14H17NO2S. The Labute approximate surface area is 111 Å². The van der Waals surface area contributed by atoms with E-state index < -0.39 is 5.97 Å². The largest absolute Gasteiger partial charge is 0.481 e. The van der Waals surface area contributed by atoms with Crippen LogP contribution in [0.3, 0.4) is 0 Å². The van der Waals surface area contributed by atoms with E-state index in [1.54, 1.807) is 0 Å². The lowest BCUT2D eigenvalue weighted by Crippen LogP contribution is -2.17. The molecule has 3 nitrogen and oxygen atoms in total. The molecular weight excluding hydrogens is 246 g/mol. The number of carboxylic acids is 1. The van der Waals surface area contributed by atoms with Crippen LogP contribution in [0.5, 0.6) is 0 Å². The van der Waals surface area contributed by atoms with E-state index in [4.69, 9.17) is 5.11 Å². The molecule has 2 aliphatic rings. The van der Waals surface area contributed by atoms with Crippen molar-refractivity contribution in [3.05, 3.63) is 29.8 Å². The first-order chi connectivity index (χ1) is 8.72. The number of thioether (sulfide) groups is 1. The first kappa shape index (κ1) is 12.1. The Kier molecular flexibility index (Phi) is 3.31. The van der Waals surface area contributed by atoms with Gasteiger partial charge < -0.3 is 10.4 Å². The number of aliphatic carboxylic acids is 1. The summed E-state index contributed by atoms with van der Waals surface area (Å²) in [6.45, 7) is 0.582. The number of carboxylic acid groups (broad SMARTS) is 1. The third-order valence-electron chi connectivity index (χ3n) is 3.59. The third-order valence-corrected chi connectivity index (χ3v) is 4.94. The number of carbonyl (C=O) groups is 1. The Morgan fingerprint density at radius 2 is 2.00 bits per heavy atom. The second-order valence-electron chi connectivity index (χ2n) is 5.12. The van der Waals surface area contributed by atoms with E-state index in [9.17, 15) is 4.79 Å². The van der Waals surface area contributed by atoms with E-state index in [-0.39, 0.29) is 12.0 Å². The van der Waals surface area contributed by atoms with E-state index in [1.807, 2.05) is 11.8 Å². The molecule has 0 bridgehead atoms. The van der Waals surface area contributed by atoms with Crippen molar-refractivity contribution < 1.29 is 9.90 Å². The molecule has 96 valence electrons. The molecule has 0 amide bonds. The Balaban J connectivity index is 1.63. The summed E-state index contributed by atoms with van der Waals surface area (Å²) in [5, 5.41) is 13.1. The summed E-state index contributed by atoms with van der Waals surface area (Å²) in [5.74, 6) is -0.929. The molecule has 2 N–H and O–H groups in total. The zero-order chi connectivity index (χ0) is 12.5. The van der Waals surface area contributed by atoms with Crippen molar-refractivity contribution in [2.75, 3.05) is 6.54 Å². The van der Waals surface area contributed by atoms with Crippen LogP contribution in [0.25, 0.3) is 0 Å². The minimum Gasteiger partial charge on any atom is -0.481 e. The van der Waals surface area contributed by atoms with E-state index >= 15 is 0 Å². The van der Waals surface area contributed by atoms with E-state index in [0.717, 1.165) is 5.25 Å². The summed E-state index contributed by atoms with van der Waals surface area (Å²) in [7, 11) is 0. The maximum Gasteiger partial charge on any atom is 0.307 e. The fourth-order valence-corrected chi connectivity index (χ4v) is 3.38. The highest BCUT2D eigenvalue weighted by Crippen LogP contribution is 2.39. The van der Waals surface area contributed by atoms with Gasteiger partial charge in [0.2, 0.25) is 0 Å². The smallest absolute Gasteiger partial charge is 0.307 e. The van der Waals surface area contributed by atoms with Crippen LogP contribution < -0.4 is 5.32 Å². The SMILES string of the molecule is O=C(O)C1CNC(c2ccc(SC3CC3)cc2)C1. The molecule has 0 radical (unpaired) electrons. The maximum atomic E-state index is 10.9. The standard InChI is InChI=1S/C14H17NO2S/c16-14(17)10-7-13(15-8-10)9-1-3-11(4-2-9)18-12-5-6-12/h1-4,10,12-13,15H,5-8H2,(H,16,17). The van der Waals surface area contributed by atoms with Crippen LogP contribution in [0.2, 0.25) is 0 Å². The lowest BCUT2D eigenvalue weighted by atomic mass is 10.0. The minimum atomic E-state index is -0.689. The topological polar surface area (TPSA) is 49.3 Å². The van der Waals surface area contributed by atoms with Crippen LogP contribution in [-0.2, 0) is 4.79 Å². The highest BCUT2D eigenvalue weighted by atomic mass is 32.2. The van der Waals surface area contributed by atoms with Crippen molar-refractivity contribution in [2.45, 2.75) is 35.4 Å². The van der Waals surface area contributed by atoms with Gasteiger partial charge in [0.05, 0.1) is 5.92 Å². The second kappa shape index (κ2) is 4.94. The van der Waals surface area contributed by atoms with Gasteiger partial charge >= 0.3 is 5.97 Å². The van der Waals surface area contributed by atoms with Gasteiger partial charge in [-0.3, -0.25) is 4.79 Å². The van der Waals surface area contributed by atoms with Crippen molar-refractivity contribution >= 4 is 17.7 Å². The predicted octanol–water partition coefficient (Wildman–Crippen LogP) is 2.68. The molecule has 1 heterocycles. The van der Waals surface area contributed by atoms with Gasteiger partial charge in [0, 0.05) is 22.7 Å². The number of nitrogens with one attached hydrogen (secondary N) is 1. The average molecular weight is 263 g/mol. The molecule has 2 unspecified atom stereocenters. The van der Waals surface area contributed by atoms with Crippen LogP contribution in [0.4, 0.5) is 0 Å². The maximum absolute atomic E-state index is 10.9. The molecule has 4 heteroatoms. The fourth-order valence-electron chi connectivity index (χ4n) is 2.33. The van der Waals surface area contributed by atoms with Crippen molar-refractivity contribution in [3.8, 4) is 0 Å². The van der Waals surface area contributed by atoms with Crippen LogP contribution >= 0.6 is 11.8 Å². The molecule has 2 fully saturated rings. The second-order valence-corrected chi connectivity index (χ2v) is 6.49. The summed E-state index contributed by atoms with van der Waals surface area (Å²) in [4.78, 5) is 12.2. The molecule has 1 saturated carbocycles. The van der Waals surface area contributed by atoms with Gasteiger partial charge in [-0.2, -0.15) is 0 Å².